The molecule has 0 saturated carbocycles. The molecule has 144 valence electrons. The lowest BCUT2D eigenvalue weighted by atomic mass is 10.0. The highest BCUT2D eigenvalue weighted by Gasteiger charge is 2.08. The van der Waals surface area contributed by atoms with Crippen LogP contribution in [-0.4, -0.2) is 23.2 Å². The second kappa shape index (κ2) is 9.72. The summed E-state index contributed by atoms with van der Waals surface area (Å²) in [5.74, 6) is -0.422. The minimum Gasteiger partial charge on any atom is -0.381 e. The van der Waals surface area contributed by atoms with Gasteiger partial charge in [0.05, 0.1) is 0 Å². The summed E-state index contributed by atoms with van der Waals surface area (Å²) in [6.07, 6.45) is 3.29. The molecule has 4 heteroatoms. The number of aryl methyl sites for hydroxylation is 2. The molecule has 1 amide bonds. The van der Waals surface area contributed by atoms with E-state index in [2.05, 4.69) is 59.9 Å². The summed E-state index contributed by atoms with van der Waals surface area (Å²) in [6.45, 7) is 0.722. The Morgan fingerprint density at radius 1 is 0.857 bits per heavy atom. The highest BCUT2D eigenvalue weighted by Crippen LogP contribution is 2.14. The van der Waals surface area contributed by atoms with Crippen molar-refractivity contribution >= 4 is 11.6 Å². The molecule has 0 heterocycles. The molecule has 0 spiro atoms. The van der Waals surface area contributed by atoms with Gasteiger partial charge in [-0.05, 0) is 60.2 Å². The number of anilines is 1. The van der Waals surface area contributed by atoms with E-state index in [1.165, 1.54) is 23.7 Å². The van der Waals surface area contributed by atoms with Gasteiger partial charge < -0.3 is 5.32 Å². The summed E-state index contributed by atoms with van der Waals surface area (Å²) >= 11 is 0. The zero-order valence-corrected chi connectivity index (χ0v) is 16.1. The van der Waals surface area contributed by atoms with Crippen LogP contribution in [0.2, 0.25) is 0 Å². The van der Waals surface area contributed by atoms with Crippen LogP contribution >= 0.6 is 0 Å². The standard InChI is InChI=1S/C24H26N2O2/c1-26(28)24(27)22-13-15-23(16-14-22)25-18-21-12-6-11-20(17-21)10-5-9-19-7-3-2-4-8-19/h2-4,6-8,11-17,25,28H,5,9-10,18H2,1H3. The third-order valence-electron chi connectivity index (χ3n) is 4.69. The van der Waals surface area contributed by atoms with Gasteiger partial charge in [0.1, 0.15) is 0 Å². The van der Waals surface area contributed by atoms with Crippen molar-refractivity contribution in [1.29, 1.82) is 0 Å². The fraction of sp³-hybridized carbons (Fsp3) is 0.208. The molecular weight excluding hydrogens is 348 g/mol. The van der Waals surface area contributed by atoms with Crippen LogP contribution in [0, 0.1) is 0 Å². The van der Waals surface area contributed by atoms with Crippen LogP contribution in [0.5, 0.6) is 0 Å². The quantitative estimate of drug-likeness (QED) is 0.434. The second-order valence-electron chi connectivity index (χ2n) is 6.92. The van der Waals surface area contributed by atoms with Crippen LogP contribution in [0.3, 0.4) is 0 Å². The number of nitrogens with one attached hydrogen (secondary N) is 1. The molecule has 0 saturated heterocycles. The highest BCUT2D eigenvalue weighted by atomic mass is 16.5. The molecule has 3 aromatic rings. The third-order valence-corrected chi connectivity index (χ3v) is 4.69. The Labute approximate surface area is 166 Å². The molecule has 0 unspecified atom stereocenters. The van der Waals surface area contributed by atoms with E-state index in [1.807, 2.05) is 12.1 Å². The number of benzene rings is 3. The maximum atomic E-state index is 11.7. The van der Waals surface area contributed by atoms with E-state index in [1.54, 1.807) is 12.1 Å². The largest absolute Gasteiger partial charge is 0.381 e. The second-order valence-corrected chi connectivity index (χ2v) is 6.92. The molecule has 28 heavy (non-hydrogen) atoms. The first-order valence-electron chi connectivity index (χ1n) is 9.54. The Hall–Kier alpha value is -3.11. The Morgan fingerprint density at radius 2 is 1.50 bits per heavy atom. The van der Waals surface area contributed by atoms with Crippen molar-refractivity contribution in [3.63, 3.8) is 0 Å². The van der Waals surface area contributed by atoms with Crippen LogP contribution in [0.15, 0.2) is 78.9 Å². The van der Waals surface area contributed by atoms with Crippen molar-refractivity contribution in [2.45, 2.75) is 25.8 Å². The summed E-state index contributed by atoms with van der Waals surface area (Å²) in [5, 5.41) is 13.2. The zero-order chi connectivity index (χ0) is 19.8. The molecule has 4 nitrogen and oxygen atoms in total. The maximum Gasteiger partial charge on any atom is 0.276 e. The minimum atomic E-state index is -0.422. The number of hydroxylamine groups is 2. The molecule has 0 aromatic heterocycles. The summed E-state index contributed by atoms with van der Waals surface area (Å²) in [7, 11) is 1.32. The smallest absolute Gasteiger partial charge is 0.276 e. The van der Waals surface area contributed by atoms with E-state index in [0.29, 0.717) is 10.6 Å². The van der Waals surface area contributed by atoms with Crippen molar-refractivity contribution in [3.8, 4) is 0 Å². The van der Waals surface area contributed by atoms with Gasteiger partial charge >= 0.3 is 0 Å². The van der Waals surface area contributed by atoms with Gasteiger partial charge in [-0.3, -0.25) is 10.0 Å². The molecule has 0 aliphatic rings. The molecule has 0 atom stereocenters. The third kappa shape index (κ3) is 5.69. The van der Waals surface area contributed by atoms with Crippen LogP contribution in [0.25, 0.3) is 0 Å². The maximum absolute atomic E-state index is 11.7. The van der Waals surface area contributed by atoms with Gasteiger partial charge in [0, 0.05) is 24.8 Å². The van der Waals surface area contributed by atoms with E-state index < -0.39 is 5.91 Å². The minimum absolute atomic E-state index is 0.422. The van der Waals surface area contributed by atoms with E-state index in [0.717, 1.165) is 31.5 Å². The molecular formula is C24H26N2O2. The van der Waals surface area contributed by atoms with Gasteiger partial charge in [-0.25, -0.2) is 5.06 Å². The van der Waals surface area contributed by atoms with Gasteiger partial charge in [0.25, 0.3) is 5.91 Å². The van der Waals surface area contributed by atoms with Crippen LogP contribution in [0.1, 0.15) is 33.5 Å². The van der Waals surface area contributed by atoms with Crippen molar-refractivity contribution in [3.05, 3.63) is 101 Å². The number of amides is 1. The lowest BCUT2D eigenvalue weighted by Gasteiger charge is -2.11. The van der Waals surface area contributed by atoms with Gasteiger partial charge in [0.15, 0.2) is 0 Å². The monoisotopic (exact) mass is 374 g/mol. The number of hydrogen-bond acceptors (Lipinski definition) is 3. The number of rotatable bonds is 8. The van der Waals surface area contributed by atoms with Gasteiger partial charge in [-0.15, -0.1) is 0 Å². The summed E-state index contributed by atoms with van der Waals surface area (Å²) < 4.78 is 0. The Balaban J connectivity index is 1.51. The topological polar surface area (TPSA) is 52.6 Å². The fourth-order valence-corrected chi connectivity index (χ4v) is 3.16. The SMILES string of the molecule is CN(O)C(=O)c1ccc(NCc2cccc(CCCc3ccccc3)c2)cc1. The molecule has 0 bridgehead atoms. The van der Waals surface area contributed by atoms with Crippen molar-refractivity contribution in [2.75, 3.05) is 12.4 Å². The summed E-state index contributed by atoms with van der Waals surface area (Å²) in [4.78, 5) is 11.7. The summed E-state index contributed by atoms with van der Waals surface area (Å²) in [5.41, 5.74) is 5.35. The molecule has 0 aliphatic heterocycles. The average Bonchev–Trinajstić information content (AvgIpc) is 2.73. The van der Waals surface area contributed by atoms with Crippen LogP contribution in [-0.2, 0) is 19.4 Å². The van der Waals surface area contributed by atoms with Crippen molar-refractivity contribution in [2.24, 2.45) is 0 Å². The first-order chi connectivity index (χ1) is 13.6. The molecule has 3 rings (SSSR count). The Kier molecular flexibility index (Phi) is 6.82. The van der Waals surface area contributed by atoms with Crippen molar-refractivity contribution in [1.82, 2.24) is 5.06 Å². The lowest BCUT2D eigenvalue weighted by molar-refractivity contribution is -0.0374. The van der Waals surface area contributed by atoms with Crippen molar-refractivity contribution < 1.29 is 10.0 Å². The van der Waals surface area contributed by atoms with Gasteiger partial charge in [-0.2, -0.15) is 0 Å². The molecule has 0 fully saturated rings. The molecule has 3 aromatic carbocycles. The van der Waals surface area contributed by atoms with Gasteiger partial charge in [0.2, 0.25) is 0 Å². The van der Waals surface area contributed by atoms with E-state index in [-0.39, 0.29) is 0 Å². The predicted octanol–water partition coefficient (Wildman–Crippen LogP) is 4.94. The molecule has 2 N–H and O–H groups in total. The zero-order valence-electron chi connectivity index (χ0n) is 16.1. The van der Waals surface area contributed by atoms with Gasteiger partial charge in [-0.1, -0.05) is 54.6 Å². The molecule has 0 aliphatic carbocycles. The normalized spacial score (nSPS) is 10.5. The van der Waals surface area contributed by atoms with E-state index in [4.69, 9.17) is 0 Å². The lowest BCUT2D eigenvalue weighted by Crippen LogP contribution is -2.22. The number of carbonyl (C=O) groups excluding carboxylic acids is 1. The first-order valence-corrected chi connectivity index (χ1v) is 9.54. The number of carbonyl (C=O) groups is 1. The summed E-state index contributed by atoms with van der Waals surface area (Å²) in [6, 6.07) is 26.3. The van der Waals surface area contributed by atoms with Crippen LogP contribution < -0.4 is 5.32 Å². The number of hydrogen-bond donors (Lipinski definition) is 2. The highest BCUT2D eigenvalue weighted by molar-refractivity contribution is 5.93. The van der Waals surface area contributed by atoms with E-state index in [9.17, 15) is 10.0 Å². The first kappa shape index (κ1) is 19.6. The fourth-order valence-electron chi connectivity index (χ4n) is 3.16. The van der Waals surface area contributed by atoms with Crippen LogP contribution in [0.4, 0.5) is 5.69 Å². The Morgan fingerprint density at radius 3 is 2.21 bits per heavy atom. The predicted molar refractivity (Wildman–Crippen MR) is 113 cm³/mol. The van der Waals surface area contributed by atoms with E-state index >= 15 is 0 Å². The number of nitrogens with zero attached hydrogens (tertiary/aromatic N) is 1. The average molecular weight is 374 g/mol. The molecule has 0 radical (unpaired) electrons. The Bertz CT molecular complexity index is 890.